The first-order valence-corrected chi connectivity index (χ1v) is 12.9. The van der Waals surface area contributed by atoms with Crippen LogP contribution < -0.4 is 9.46 Å². The largest absolute Gasteiger partial charge is 0.573 e. The number of carbonyl (C=O) groups excluding carboxylic acids is 1. The third-order valence-corrected chi connectivity index (χ3v) is 7.97. The van der Waals surface area contributed by atoms with Crippen molar-refractivity contribution in [2.24, 2.45) is 0 Å². The Morgan fingerprint density at radius 2 is 1.74 bits per heavy atom. The van der Waals surface area contributed by atoms with E-state index in [4.69, 9.17) is 0 Å². The molecule has 0 spiro atoms. The van der Waals surface area contributed by atoms with E-state index < -0.39 is 22.1 Å². The third-order valence-electron chi connectivity index (χ3n) is 4.41. The lowest BCUT2D eigenvalue weighted by Crippen LogP contribution is -2.17. The number of alkyl halides is 3. The fourth-order valence-electron chi connectivity index (χ4n) is 2.90. The van der Waals surface area contributed by atoms with E-state index in [0.717, 1.165) is 24.3 Å². The molecule has 0 aliphatic rings. The summed E-state index contributed by atoms with van der Waals surface area (Å²) in [5, 5.41) is 0. The number of anilines is 1. The van der Waals surface area contributed by atoms with E-state index in [9.17, 15) is 26.4 Å². The molecule has 0 aliphatic carbocycles. The van der Waals surface area contributed by atoms with Gasteiger partial charge >= 0.3 is 6.36 Å². The smallest absolute Gasteiger partial charge is 0.406 e. The maximum absolute atomic E-state index is 12.6. The Morgan fingerprint density at radius 3 is 2.41 bits per heavy atom. The van der Waals surface area contributed by atoms with Gasteiger partial charge in [-0.3, -0.25) is 9.52 Å². The minimum atomic E-state index is -4.87. The molecule has 4 aromatic rings. The standard InChI is InChI=1S/C22H15F3N2O4S3/c23-22(24,25)31-16-7-9-17(10-8-16)34(29,30)27-15-6-11-18-20(12-15)33-21(26-18)32-13-19(28)14-4-2-1-3-5-14/h1-12,27H,13H2. The van der Waals surface area contributed by atoms with Crippen molar-refractivity contribution in [3.05, 3.63) is 78.4 Å². The highest BCUT2D eigenvalue weighted by Crippen LogP contribution is 2.32. The summed E-state index contributed by atoms with van der Waals surface area (Å²) in [5.74, 6) is -0.324. The number of benzene rings is 3. The number of fused-ring (bicyclic) bond motifs is 1. The topological polar surface area (TPSA) is 85.4 Å². The first-order valence-electron chi connectivity index (χ1n) is 9.59. The van der Waals surface area contributed by atoms with Crippen LogP contribution in [0.3, 0.4) is 0 Å². The second kappa shape index (κ2) is 9.65. The summed E-state index contributed by atoms with van der Waals surface area (Å²) in [6.45, 7) is 0. The van der Waals surface area contributed by atoms with Crippen molar-refractivity contribution in [3.63, 3.8) is 0 Å². The van der Waals surface area contributed by atoms with Gasteiger partial charge in [0.15, 0.2) is 10.1 Å². The van der Waals surface area contributed by atoms with E-state index in [1.807, 2.05) is 6.07 Å². The zero-order chi connectivity index (χ0) is 24.3. The highest BCUT2D eigenvalue weighted by atomic mass is 32.2. The molecular formula is C22H15F3N2O4S3. The number of hydrogen-bond acceptors (Lipinski definition) is 7. The van der Waals surface area contributed by atoms with Crippen LogP contribution in [0.15, 0.2) is 82.0 Å². The summed E-state index contributed by atoms with van der Waals surface area (Å²) >= 11 is 2.62. The fourth-order valence-corrected chi connectivity index (χ4v) is 5.95. The van der Waals surface area contributed by atoms with Crippen molar-refractivity contribution >= 4 is 54.8 Å². The lowest BCUT2D eigenvalue weighted by atomic mass is 10.2. The van der Waals surface area contributed by atoms with Gasteiger partial charge in [-0.25, -0.2) is 13.4 Å². The number of sulfonamides is 1. The molecule has 0 fully saturated rings. The maximum atomic E-state index is 12.6. The minimum Gasteiger partial charge on any atom is -0.406 e. The first-order chi connectivity index (χ1) is 16.1. The number of nitrogens with one attached hydrogen (secondary N) is 1. The van der Waals surface area contributed by atoms with Crippen molar-refractivity contribution in [2.75, 3.05) is 10.5 Å². The Labute approximate surface area is 200 Å². The number of thiazole rings is 1. The van der Waals surface area contributed by atoms with E-state index in [-0.39, 0.29) is 22.1 Å². The second-order valence-electron chi connectivity index (χ2n) is 6.86. The van der Waals surface area contributed by atoms with Crippen LogP contribution in [-0.2, 0) is 10.0 Å². The van der Waals surface area contributed by atoms with E-state index in [0.29, 0.717) is 20.1 Å². The van der Waals surface area contributed by atoms with Gasteiger partial charge in [-0.2, -0.15) is 0 Å². The Balaban J connectivity index is 1.44. The quantitative estimate of drug-likeness (QED) is 0.226. The molecule has 34 heavy (non-hydrogen) atoms. The molecule has 4 rings (SSSR count). The normalized spacial score (nSPS) is 12.0. The van der Waals surface area contributed by atoms with Crippen LogP contribution in [-0.4, -0.2) is 31.3 Å². The van der Waals surface area contributed by atoms with Gasteiger partial charge in [-0.1, -0.05) is 42.1 Å². The molecule has 6 nitrogen and oxygen atoms in total. The summed E-state index contributed by atoms with van der Waals surface area (Å²) in [7, 11) is -4.04. The molecule has 1 aromatic heterocycles. The summed E-state index contributed by atoms with van der Waals surface area (Å²) in [6.07, 6.45) is -4.87. The van der Waals surface area contributed by atoms with Gasteiger partial charge in [0.05, 0.1) is 26.6 Å². The summed E-state index contributed by atoms with van der Waals surface area (Å²) in [5.41, 5.74) is 1.53. The van der Waals surface area contributed by atoms with Crippen molar-refractivity contribution in [3.8, 4) is 5.75 Å². The Kier molecular flexibility index (Phi) is 6.82. The van der Waals surface area contributed by atoms with Crippen molar-refractivity contribution < 1.29 is 31.1 Å². The fraction of sp³-hybridized carbons (Fsp3) is 0.0909. The number of nitrogens with zero attached hydrogens (tertiary/aromatic N) is 1. The monoisotopic (exact) mass is 524 g/mol. The zero-order valence-corrected chi connectivity index (χ0v) is 19.5. The Hall–Kier alpha value is -3.09. The highest BCUT2D eigenvalue weighted by molar-refractivity contribution is 8.01. The number of rotatable bonds is 8. The molecule has 1 N–H and O–H groups in total. The van der Waals surface area contributed by atoms with E-state index in [2.05, 4.69) is 14.4 Å². The summed E-state index contributed by atoms with van der Waals surface area (Å²) in [4.78, 5) is 16.5. The molecule has 3 aromatic carbocycles. The van der Waals surface area contributed by atoms with Crippen LogP contribution in [0.5, 0.6) is 5.75 Å². The van der Waals surface area contributed by atoms with E-state index >= 15 is 0 Å². The van der Waals surface area contributed by atoms with Crippen LogP contribution in [0, 0.1) is 0 Å². The number of aromatic nitrogens is 1. The van der Waals surface area contributed by atoms with Gasteiger partial charge in [-0.05, 0) is 42.5 Å². The van der Waals surface area contributed by atoms with E-state index in [1.54, 1.807) is 36.4 Å². The number of ketones is 1. The van der Waals surface area contributed by atoms with Crippen molar-refractivity contribution in [2.45, 2.75) is 15.6 Å². The molecular weight excluding hydrogens is 509 g/mol. The molecule has 0 bridgehead atoms. The number of hydrogen-bond donors (Lipinski definition) is 1. The Morgan fingerprint density at radius 1 is 1.03 bits per heavy atom. The molecule has 0 amide bonds. The predicted molar refractivity (Wildman–Crippen MR) is 125 cm³/mol. The van der Waals surface area contributed by atoms with Gasteiger partial charge in [-0.15, -0.1) is 24.5 Å². The van der Waals surface area contributed by atoms with Gasteiger partial charge in [0.2, 0.25) is 0 Å². The van der Waals surface area contributed by atoms with Gasteiger partial charge in [0.25, 0.3) is 10.0 Å². The predicted octanol–water partition coefficient (Wildman–Crippen LogP) is 5.97. The van der Waals surface area contributed by atoms with Gasteiger partial charge in [0, 0.05) is 5.56 Å². The maximum Gasteiger partial charge on any atom is 0.573 e. The van der Waals surface area contributed by atoms with Gasteiger partial charge < -0.3 is 4.74 Å². The summed E-state index contributed by atoms with van der Waals surface area (Å²) < 4.78 is 69.6. The van der Waals surface area contributed by atoms with Crippen LogP contribution in [0.2, 0.25) is 0 Å². The summed E-state index contributed by atoms with van der Waals surface area (Å²) in [6, 6.07) is 17.6. The van der Waals surface area contributed by atoms with Crippen molar-refractivity contribution in [1.29, 1.82) is 0 Å². The Bertz CT molecular complexity index is 1420. The minimum absolute atomic E-state index is 0.0232. The molecule has 0 radical (unpaired) electrons. The molecule has 12 heteroatoms. The molecule has 1 heterocycles. The number of ether oxygens (including phenoxy) is 1. The molecule has 0 aliphatic heterocycles. The van der Waals surface area contributed by atoms with Crippen LogP contribution in [0.4, 0.5) is 18.9 Å². The third kappa shape index (κ3) is 6.07. The number of Topliss-reactive ketones (excluding diaryl/α,β-unsaturated/α-hetero) is 1. The average Bonchev–Trinajstić information content (AvgIpc) is 3.19. The lowest BCUT2D eigenvalue weighted by molar-refractivity contribution is -0.274. The molecule has 0 atom stereocenters. The number of halogens is 3. The van der Waals surface area contributed by atoms with Crippen LogP contribution >= 0.6 is 23.1 Å². The van der Waals surface area contributed by atoms with Crippen LogP contribution in [0.1, 0.15) is 10.4 Å². The second-order valence-corrected chi connectivity index (χ2v) is 10.8. The van der Waals surface area contributed by atoms with E-state index in [1.165, 1.54) is 29.2 Å². The SMILES string of the molecule is O=C(CSc1nc2ccc(NS(=O)(=O)c3ccc(OC(F)(F)F)cc3)cc2s1)c1ccccc1. The highest BCUT2D eigenvalue weighted by Gasteiger charge is 2.31. The first kappa shape index (κ1) is 24.0. The number of carbonyl (C=O) groups is 1. The molecule has 176 valence electrons. The zero-order valence-electron chi connectivity index (χ0n) is 17.1. The molecule has 0 unspecified atom stereocenters. The molecule has 0 saturated carbocycles. The molecule has 0 saturated heterocycles. The van der Waals surface area contributed by atoms with Crippen molar-refractivity contribution in [1.82, 2.24) is 4.98 Å². The number of thioether (sulfide) groups is 1. The lowest BCUT2D eigenvalue weighted by Gasteiger charge is -2.10. The average molecular weight is 525 g/mol. The van der Waals surface area contributed by atoms with Gasteiger partial charge in [0.1, 0.15) is 5.75 Å². The van der Waals surface area contributed by atoms with Crippen LogP contribution in [0.25, 0.3) is 10.2 Å².